The van der Waals surface area contributed by atoms with Gasteiger partial charge in [0.05, 0.1) is 14.2 Å². The van der Waals surface area contributed by atoms with Gasteiger partial charge in [0.15, 0.2) is 5.92 Å². The Kier molecular flexibility index (Phi) is 8.58. The quantitative estimate of drug-likeness (QED) is 0.279. The van der Waals surface area contributed by atoms with Crippen molar-refractivity contribution in [3.05, 3.63) is 24.8 Å². The number of unbranched alkanes of at least 4 members (excludes halogenated alkanes) is 2. The van der Waals surface area contributed by atoms with Crippen LogP contribution in [0.2, 0.25) is 0 Å². The van der Waals surface area contributed by atoms with Crippen molar-refractivity contribution in [3.63, 3.8) is 0 Å². The average Bonchev–Trinajstić information content (AvgIpc) is 2.44. The molecule has 0 rings (SSSR count). The first-order valence-corrected chi connectivity index (χ1v) is 6.50. The fourth-order valence-corrected chi connectivity index (χ4v) is 2.01. The lowest BCUT2D eigenvalue weighted by Crippen LogP contribution is -2.34. The van der Waals surface area contributed by atoms with Crippen molar-refractivity contribution in [2.75, 3.05) is 14.2 Å². The maximum atomic E-state index is 11.8. The third kappa shape index (κ3) is 5.28. The Bertz CT molecular complexity index is 317. The lowest BCUT2D eigenvalue weighted by Gasteiger charge is -2.23. The first-order chi connectivity index (χ1) is 9.03. The molecule has 0 amide bonds. The zero-order valence-electron chi connectivity index (χ0n) is 12.1. The molecule has 1 unspecified atom stereocenters. The molecule has 0 aliphatic heterocycles. The molecule has 0 aromatic rings. The predicted octanol–water partition coefficient (Wildman–Crippen LogP) is 2.89. The maximum Gasteiger partial charge on any atom is 0.320 e. The standard InChI is InChI=1S/C15H24O4/c1-6-8-9-10-12(11(3)7-2)13(14(16)18-4)15(17)19-5/h7,12-13H,2-3,6,8-10H2,1,4-5H3. The summed E-state index contributed by atoms with van der Waals surface area (Å²) in [4.78, 5) is 23.6. The average molecular weight is 268 g/mol. The lowest BCUT2D eigenvalue weighted by atomic mass is 9.82. The molecule has 0 aliphatic carbocycles. The highest BCUT2D eigenvalue weighted by Gasteiger charge is 2.37. The normalized spacial score (nSPS) is 11.8. The SMILES string of the molecule is C=CC(=C)C(CCCCC)C(C(=O)OC)C(=O)OC. The number of hydrogen-bond donors (Lipinski definition) is 0. The summed E-state index contributed by atoms with van der Waals surface area (Å²) in [6, 6.07) is 0. The van der Waals surface area contributed by atoms with E-state index in [0.717, 1.165) is 19.3 Å². The molecule has 0 aromatic heterocycles. The molecule has 0 bridgehead atoms. The van der Waals surface area contributed by atoms with Crippen molar-refractivity contribution in [2.45, 2.75) is 32.6 Å². The molecule has 0 heterocycles. The summed E-state index contributed by atoms with van der Waals surface area (Å²) < 4.78 is 9.40. The van der Waals surface area contributed by atoms with E-state index >= 15 is 0 Å². The first-order valence-electron chi connectivity index (χ1n) is 6.50. The van der Waals surface area contributed by atoms with Gasteiger partial charge in [-0.15, -0.1) is 0 Å². The summed E-state index contributed by atoms with van der Waals surface area (Å²) in [7, 11) is 2.52. The summed E-state index contributed by atoms with van der Waals surface area (Å²) >= 11 is 0. The van der Waals surface area contributed by atoms with Crippen LogP contribution < -0.4 is 0 Å². The van der Waals surface area contributed by atoms with Gasteiger partial charge in [-0.05, 0) is 6.42 Å². The van der Waals surface area contributed by atoms with Crippen LogP contribution in [0.15, 0.2) is 24.8 Å². The molecule has 0 spiro atoms. The molecule has 0 N–H and O–H groups in total. The van der Waals surface area contributed by atoms with E-state index in [1.54, 1.807) is 6.08 Å². The summed E-state index contributed by atoms with van der Waals surface area (Å²) in [5.74, 6) is -2.45. The highest BCUT2D eigenvalue weighted by molar-refractivity contribution is 5.95. The zero-order valence-corrected chi connectivity index (χ0v) is 12.1. The molecule has 4 heteroatoms. The summed E-state index contributed by atoms with van der Waals surface area (Å²) in [6.45, 7) is 9.62. The smallest absolute Gasteiger partial charge is 0.320 e. The van der Waals surface area contributed by atoms with E-state index in [1.165, 1.54) is 14.2 Å². The second-order valence-corrected chi connectivity index (χ2v) is 4.41. The number of ether oxygens (including phenoxy) is 2. The molecular formula is C15H24O4. The van der Waals surface area contributed by atoms with Crippen molar-refractivity contribution in [1.82, 2.24) is 0 Å². The minimum absolute atomic E-state index is 0.316. The highest BCUT2D eigenvalue weighted by Crippen LogP contribution is 2.28. The monoisotopic (exact) mass is 268 g/mol. The number of carbonyl (C=O) groups is 2. The van der Waals surface area contributed by atoms with Crippen LogP contribution in [-0.4, -0.2) is 26.2 Å². The van der Waals surface area contributed by atoms with Gasteiger partial charge < -0.3 is 9.47 Å². The molecule has 4 nitrogen and oxygen atoms in total. The molecule has 0 fully saturated rings. The van der Waals surface area contributed by atoms with Crippen molar-refractivity contribution >= 4 is 11.9 Å². The fraction of sp³-hybridized carbons (Fsp3) is 0.600. The van der Waals surface area contributed by atoms with Crippen molar-refractivity contribution in [1.29, 1.82) is 0 Å². The van der Waals surface area contributed by atoms with Crippen LogP contribution >= 0.6 is 0 Å². The van der Waals surface area contributed by atoms with E-state index in [4.69, 9.17) is 9.47 Å². The van der Waals surface area contributed by atoms with Crippen LogP contribution in [0.4, 0.5) is 0 Å². The van der Waals surface area contributed by atoms with E-state index in [0.29, 0.717) is 12.0 Å². The van der Waals surface area contributed by atoms with Crippen LogP contribution in [-0.2, 0) is 19.1 Å². The van der Waals surface area contributed by atoms with Gasteiger partial charge in [-0.1, -0.05) is 51.0 Å². The molecule has 0 aromatic carbocycles. The number of carbonyl (C=O) groups excluding carboxylic acids is 2. The highest BCUT2D eigenvalue weighted by atomic mass is 16.5. The number of hydrogen-bond acceptors (Lipinski definition) is 4. The van der Waals surface area contributed by atoms with Gasteiger partial charge in [-0.25, -0.2) is 0 Å². The number of esters is 2. The van der Waals surface area contributed by atoms with Crippen molar-refractivity contribution in [2.24, 2.45) is 11.8 Å². The Hall–Kier alpha value is -1.58. The Morgan fingerprint density at radius 3 is 2.05 bits per heavy atom. The maximum absolute atomic E-state index is 11.8. The molecule has 0 saturated carbocycles. The van der Waals surface area contributed by atoms with Crippen LogP contribution in [0.1, 0.15) is 32.6 Å². The van der Waals surface area contributed by atoms with E-state index in [9.17, 15) is 9.59 Å². The minimum Gasteiger partial charge on any atom is -0.468 e. The lowest BCUT2D eigenvalue weighted by molar-refractivity contribution is -0.161. The predicted molar refractivity (Wildman–Crippen MR) is 74.5 cm³/mol. The van der Waals surface area contributed by atoms with E-state index < -0.39 is 17.9 Å². The van der Waals surface area contributed by atoms with E-state index in [1.807, 2.05) is 0 Å². The Morgan fingerprint density at radius 1 is 1.16 bits per heavy atom. The van der Waals surface area contributed by atoms with Crippen LogP contribution in [0.25, 0.3) is 0 Å². The molecule has 0 aliphatic rings. The van der Waals surface area contributed by atoms with E-state index in [-0.39, 0.29) is 5.92 Å². The van der Waals surface area contributed by atoms with Gasteiger partial charge in [-0.2, -0.15) is 0 Å². The van der Waals surface area contributed by atoms with Gasteiger partial charge in [0.1, 0.15) is 0 Å². The van der Waals surface area contributed by atoms with Crippen molar-refractivity contribution < 1.29 is 19.1 Å². The topological polar surface area (TPSA) is 52.6 Å². The number of methoxy groups -OCH3 is 2. The number of rotatable bonds is 9. The van der Waals surface area contributed by atoms with Gasteiger partial charge in [0.25, 0.3) is 0 Å². The summed E-state index contributed by atoms with van der Waals surface area (Å²) in [5, 5.41) is 0. The van der Waals surface area contributed by atoms with E-state index in [2.05, 4.69) is 20.1 Å². The molecular weight excluding hydrogens is 244 g/mol. The third-order valence-corrected chi connectivity index (χ3v) is 3.17. The van der Waals surface area contributed by atoms with Crippen LogP contribution in [0.5, 0.6) is 0 Å². The molecule has 1 atom stereocenters. The zero-order chi connectivity index (χ0) is 14.8. The fourth-order valence-electron chi connectivity index (χ4n) is 2.01. The summed E-state index contributed by atoms with van der Waals surface area (Å²) in [6.07, 6.45) is 5.28. The van der Waals surface area contributed by atoms with Gasteiger partial charge in [0, 0.05) is 5.92 Å². The molecule has 0 saturated heterocycles. The second kappa shape index (κ2) is 9.36. The largest absolute Gasteiger partial charge is 0.468 e. The second-order valence-electron chi connectivity index (χ2n) is 4.41. The molecule has 0 radical (unpaired) electrons. The minimum atomic E-state index is -0.961. The van der Waals surface area contributed by atoms with Gasteiger partial charge >= 0.3 is 11.9 Å². The summed E-state index contributed by atoms with van der Waals surface area (Å²) in [5.41, 5.74) is 0.664. The van der Waals surface area contributed by atoms with Crippen LogP contribution in [0, 0.1) is 11.8 Å². The first kappa shape index (κ1) is 17.4. The Balaban J connectivity index is 5.11. The van der Waals surface area contributed by atoms with Crippen LogP contribution in [0.3, 0.4) is 0 Å². The Morgan fingerprint density at radius 2 is 1.68 bits per heavy atom. The van der Waals surface area contributed by atoms with Gasteiger partial charge in [-0.3, -0.25) is 9.59 Å². The Labute approximate surface area is 115 Å². The molecule has 19 heavy (non-hydrogen) atoms. The van der Waals surface area contributed by atoms with Crippen molar-refractivity contribution in [3.8, 4) is 0 Å². The van der Waals surface area contributed by atoms with Gasteiger partial charge in [0.2, 0.25) is 0 Å². The molecule has 108 valence electrons. The number of allylic oxidation sites excluding steroid dienone is 2. The third-order valence-electron chi connectivity index (χ3n) is 3.17.